The molecule has 26 heavy (non-hydrogen) atoms. The molecule has 0 aliphatic heterocycles. The molecule has 1 N–H and O–H groups in total. The first-order chi connectivity index (χ1) is 12.6. The van der Waals surface area contributed by atoms with Crippen molar-refractivity contribution in [2.75, 3.05) is 31.5 Å². The van der Waals surface area contributed by atoms with Crippen LogP contribution in [0.15, 0.2) is 29.0 Å². The zero-order chi connectivity index (χ0) is 18.5. The smallest absolute Gasteiger partial charge is 0.263 e. The van der Waals surface area contributed by atoms with Gasteiger partial charge in [0.25, 0.3) is 5.71 Å². The maximum Gasteiger partial charge on any atom is 0.263 e. The maximum absolute atomic E-state index is 13.6. The van der Waals surface area contributed by atoms with Gasteiger partial charge in [-0.15, -0.1) is 0 Å². The minimum atomic E-state index is -0.679. The number of hydrogen-bond donors (Lipinski definition) is 1. The lowest BCUT2D eigenvalue weighted by molar-refractivity contribution is 0.303. The van der Waals surface area contributed by atoms with Crippen LogP contribution in [-0.2, 0) is 0 Å². The maximum atomic E-state index is 13.6. The molecule has 6 nitrogen and oxygen atoms in total. The van der Waals surface area contributed by atoms with Gasteiger partial charge in [-0.1, -0.05) is 19.0 Å². The summed E-state index contributed by atoms with van der Waals surface area (Å²) in [4.78, 5) is 10.6. The number of halogens is 2. The first-order valence-electron chi connectivity index (χ1n) is 8.65. The Morgan fingerprint density at radius 3 is 2.50 bits per heavy atom. The summed E-state index contributed by atoms with van der Waals surface area (Å²) in [5.74, 6) is -0.820. The van der Waals surface area contributed by atoms with Crippen LogP contribution in [0.4, 0.5) is 14.6 Å². The Kier molecular flexibility index (Phi) is 5.72. The molecule has 0 unspecified atom stereocenters. The largest absolute Gasteiger partial charge is 0.369 e. The number of anilines is 1. The number of hydrogen-bond acceptors (Lipinski definition) is 6. The van der Waals surface area contributed by atoms with Crippen molar-refractivity contribution in [3.8, 4) is 11.3 Å². The van der Waals surface area contributed by atoms with Gasteiger partial charge >= 0.3 is 0 Å². The molecule has 0 aliphatic carbocycles. The summed E-state index contributed by atoms with van der Waals surface area (Å²) in [7, 11) is 0. The van der Waals surface area contributed by atoms with E-state index < -0.39 is 11.6 Å². The summed E-state index contributed by atoms with van der Waals surface area (Å²) in [5, 5.41) is 7.70. The molecule has 0 fully saturated rings. The average Bonchev–Trinajstić information content (AvgIpc) is 3.06. The number of rotatable bonds is 8. The molecule has 3 aromatic rings. The summed E-state index contributed by atoms with van der Waals surface area (Å²) in [6.45, 7) is 7.95. The first-order valence-corrected chi connectivity index (χ1v) is 8.65. The van der Waals surface area contributed by atoms with Gasteiger partial charge in [0.1, 0.15) is 34.9 Å². The number of benzene rings is 1. The topological polar surface area (TPSA) is 67.1 Å². The van der Waals surface area contributed by atoms with Gasteiger partial charge in [-0.05, 0) is 38.2 Å². The molecular formula is C18H21F2N5O. The fourth-order valence-corrected chi connectivity index (χ4v) is 2.86. The van der Waals surface area contributed by atoms with Gasteiger partial charge in [0.15, 0.2) is 0 Å². The van der Waals surface area contributed by atoms with E-state index in [9.17, 15) is 8.78 Å². The molecule has 0 bridgehead atoms. The van der Waals surface area contributed by atoms with E-state index in [1.54, 1.807) is 0 Å². The van der Waals surface area contributed by atoms with Gasteiger partial charge in [0.2, 0.25) is 0 Å². The van der Waals surface area contributed by atoms with E-state index >= 15 is 0 Å². The van der Waals surface area contributed by atoms with E-state index in [1.807, 2.05) is 0 Å². The van der Waals surface area contributed by atoms with Crippen LogP contribution in [0.25, 0.3) is 22.4 Å². The second kappa shape index (κ2) is 8.18. The highest BCUT2D eigenvalue weighted by Gasteiger charge is 2.18. The van der Waals surface area contributed by atoms with E-state index in [0.717, 1.165) is 32.1 Å². The Morgan fingerprint density at radius 1 is 1.08 bits per heavy atom. The third-order valence-electron chi connectivity index (χ3n) is 4.25. The van der Waals surface area contributed by atoms with E-state index in [1.165, 1.54) is 18.5 Å². The molecule has 0 atom stereocenters. The fraction of sp³-hybridized carbons (Fsp3) is 0.389. The van der Waals surface area contributed by atoms with Crippen molar-refractivity contribution < 1.29 is 13.3 Å². The van der Waals surface area contributed by atoms with Crippen molar-refractivity contribution in [1.82, 2.24) is 20.0 Å². The minimum absolute atomic E-state index is 0.269. The Labute approximate surface area is 150 Å². The summed E-state index contributed by atoms with van der Waals surface area (Å²) in [6, 6.07) is 3.23. The third kappa shape index (κ3) is 3.96. The lowest BCUT2D eigenvalue weighted by atomic mass is 10.1. The summed E-state index contributed by atoms with van der Waals surface area (Å²) >= 11 is 0. The lowest BCUT2D eigenvalue weighted by Crippen LogP contribution is -2.25. The standard InChI is InChI=1S/C18H21F2N5O/c1-3-25(4-2)7-5-6-21-17-15-16(24-26-18(15)23-11-22-17)12-8-13(19)10-14(20)9-12/h8-11H,3-7H2,1-2H3,(H,21,22,23). The highest BCUT2D eigenvalue weighted by Crippen LogP contribution is 2.31. The van der Waals surface area contributed by atoms with Crippen LogP contribution >= 0.6 is 0 Å². The Balaban J connectivity index is 1.84. The first kappa shape index (κ1) is 18.2. The average molecular weight is 361 g/mol. The number of nitrogens with zero attached hydrogens (tertiary/aromatic N) is 4. The van der Waals surface area contributed by atoms with E-state index in [-0.39, 0.29) is 11.3 Å². The van der Waals surface area contributed by atoms with Gasteiger partial charge in [0.05, 0.1) is 0 Å². The van der Waals surface area contributed by atoms with E-state index in [2.05, 4.69) is 39.2 Å². The van der Waals surface area contributed by atoms with Gasteiger partial charge < -0.3 is 14.7 Å². The minimum Gasteiger partial charge on any atom is -0.369 e. The van der Waals surface area contributed by atoms with Crippen LogP contribution in [0.5, 0.6) is 0 Å². The quantitative estimate of drug-likeness (QED) is 0.617. The zero-order valence-corrected chi connectivity index (χ0v) is 14.8. The van der Waals surface area contributed by atoms with Gasteiger partial charge in [-0.25, -0.2) is 13.8 Å². The predicted molar refractivity (Wildman–Crippen MR) is 95.8 cm³/mol. The zero-order valence-electron chi connectivity index (χ0n) is 14.8. The summed E-state index contributed by atoms with van der Waals surface area (Å²) in [5.41, 5.74) is 0.860. The van der Waals surface area contributed by atoms with Gasteiger partial charge in [-0.2, -0.15) is 4.98 Å². The molecule has 138 valence electrons. The van der Waals surface area contributed by atoms with Crippen LogP contribution in [0, 0.1) is 11.6 Å². The highest BCUT2D eigenvalue weighted by molar-refractivity contribution is 5.97. The fourth-order valence-electron chi connectivity index (χ4n) is 2.86. The molecule has 0 saturated carbocycles. The number of nitrogens with one attached hydrogen (secondary N) is 1. The molecule has 0 amide bonds. The second-order valence-electron chi connectivity index (χ2n) is 5.90. The number of fused-ring (bicyclic) bond motifs is 1. The molecule has 0 saturated heterocycles. The SMILES string of the molecule is CCN(CC)CCCNc1ncnc2onc(-c3cc(F)cc(F)c3)c12. The van der Waals surface area contributed by atoms with Crippen LogP contribution in [0.2, 0.25) is 0 Å². The highest BCUT2D eigenvalue weighted by atomic mass is 19.1. The lowest BCUT2D eigenvalue weighted by Gasteiger charge is -2.17. The van der Waals surface area contributed by atoms with E-state index in [0.29, 0.717) is 23.4 Å². The molecule has 3 rings (SSSR count). The van der Waals surface area contributed by atoms with Crippen molar-refractivity contribution in [3.63, 3.8) is 0 Å². The molecule has 2 heterocycles. The molecule has 2 aromatic heterocycles. The van der Waals surface area contributed by atoms with Crippen LogP contribution < -0.4 is 5.32 Å². The summed E-state index contributed by atoms with van der Waals surface area (Å²) < 4.78 is 32.3. The van der Waals surface area contributed by atoms with Crippen molar-refractivity contribution in [2.45, 2.75) is 20.3 Å². The molecule has 0 aliphatic rings. The monoisotopic (exact) mass is 361 g/mol. The van der Waals surface area contributed by atoms with Crippen molar-refractivity contribution in [2.24, 2.45) is 0 Å². The van der Waals surface area contributed by atoms with Crippen LogP contribution in [0.3, 0.4) is 0 Å². The Bertz CT molecular complexity index is 859. The van der Waals surface area contributed by atoms with E-state index in [4.69, 9.17) is 4.52 Å². The van der Waals surface area contributed by atoms with Gasteiger partial charge in [-0.3, -0.25) is 0 Å². The third-order valence-corrected chi connectivity index (χ3v) is 4.25. The van der Waals surface area contributed by atoms with Crippen LogP contribution in [-0.4, -0.2) is 46.2 Å². The molecule has 0 radical (unpaired) electrons. The molecule has 1 aromatic carbocycles. The number of aromatic nitrogens is 3. The predicted octanol–water partition coefficient (Wildman–Crippen LogP) is 3.71. The second-order valence-corrected chi connectivity index (χ2v) is 5.90. The van der Waals surface area contributed by atoms with Crippen LogP contribution in [0.1, 0.15) is 20.3 Å². The van der Waals surface area contributed by atoms with Crippen molar-refractivity contribution >= 4 is 16.9 Å². The van der Waals surface area contributed by atoms with Gasteiger partial charge in [0, 0.05) is 18.2 Å². The van der Waals surface area contributed by atoms with Crippen molar-refractivity contribution in [3.05, 3.63) is 36.2 Å². The van der Waals surface area contributed by atoms with Crippen molar-refractivity contribution in [1.29, 1.82) is 0 Å². The molecule has 0 spiro atoms. The Hall–Kier alpha value is -2.61. The molecule has 8 heteroatoms. The Morgan fingerprint density at radius 2 is 1.81 bits per heavy atom. The molecular weight excluding hydrogens is 340 g/mol. The summed E-state index contributed by atoms with van der Waals surface area (Å²) in [6.07, 6.45) is 2.30. The normalized spacial score (nSPS) is 11.4.